The van der Waals surface area contributed by atoms with Crippen molar-refractivity contribution in [2.45, 2.75) is 125 Å². The Balaban J connectivity index is 1.09. The lowest BCUT2D eigenvalue weighted by atomic mass is 9.47. The molecule has 1 N–H and O–H groups in total. The normalized spacial score (nSPS) is 31.8. The van der Waals surface area contributed by atoms with E-state index in [0.717, 1.165) is 54.6 Å². The predicted octanol–water partition coefficient (Wildman–Crippen LogP) is 10.9. The highest BCUT2D eigenvalue weighted by molar-refractivity contribution is 5.81. The Morgan fingerprint density at radius 2 is 1.59 bits per heavy atom. The molecule has 1 amide bonds. The standard InChI is InChI=1S/C46H63NO4/c1-7-35(31(2)3)19-18-32(4)39-22-23-40-38-21-20-36-29-37(24-26-45(36,5)41(38)25-27-46(39,40)6)51-43(48)42(28-33-14-10-8-11-15-33)47-44(49)50-30-34-16-12-9-13-17-34/h8-20,31-32,35,37-42H,7,21-30H2,1-6H3,(H,47,49)/b19-18+/t32-,35?,37-,38-,39+,40-,41-,42-,45-,46+/m0/s1. The molecular weight excluding hydrogens is 631 g/mol. The van der Waals surface area contributed by atoms with Crippen LogP contribution in [0.2, 0.25) is 0 Å². The molecule has 10 atom stereocenters. The topological polar surface area (TPSA) is 64.6 Å². The molecule has 0 saturated heterocycles. The van der Waals surface area contributed by atoms with E-state index in [2.05, 4.69) is 65.1 Å². The van der Waals surface area contributed by atoms with Crippen LogP contribution in [0.5, 0.6) is 0 Å². The van der Waals surface area contributed by atoms with Gasteiger partial charge in [0.05, 0.1) is 0 Å². The number of fused-ring (bicyclic) bond motifs is 5. The summed E-state index contributed by atoms with van der Waals surface area (Å²) in [5, 5.41) is 2.83. The zero-order valence-electron chi connectivity index (χ0n) is 32.1. The first kappa shape index (κ1) is 37.4. The van der Waals surface area contributed by atoms with Crippen LogP contribution in [0.1, 0.15) is 110 Å². The third-order valence-corrected chi connectivity index (χ3v) is 14.1. The van der Waals surface area contributed by atoms with Gasteiger partial charge in [-0.25, -0.2) is 9.59 Å². The van der Waals surface area contributed by atoms with Gasteiger partial charge in [-0.3, -0.25) is 0 Å². The first-order chi connectivity index (χ1) is 24.5. The van der Waals surface area contributed by atoms with E-state index < -0.39 is 12.1 Å². The first-order valence-corrected chi connectivity index (χ1v) is 20.1. The van der Waals surface area contributed by atoms with Crippen LogP contribution in [0.25, 0.3) is 0 Å². The summed E-state index contributed by atoms with van der Waals surface area (Å²) in [7, 11) is 0. The van der Waals surface area contributed by atoms with E-state index >= 15 is 0 Å². The quantitative estimate of drug-likeness (QED) is 0.178. The molecule has 5 nitrogen and oxygen atoms in total. The number of hydrogen-bond donors (Lipinski definition) is 1. The van der Waals surface area contributed by atoms with E-state index in [1.165, 1.54) is 37.7 Å². The molecular formula is C46H63NO4. The van der Waals surface area contributed by atoms with Gasteiger partial charge in [-0.2, -0.15) is 0 Å². The Bertz CT molecular complexity index is 1530. The molecule has 4 aliphatic carbocycles. The highest BCUT2D eigenvalue weighted by Crippen LogP contribution is 2.67. The predicted molar refractivity (Wildman–Crippen MR) is 206 cm³/mol. The first-order valence-electron chi connectivity index (χ1n) is 20.1. The van der Waals surface area contributed by atoms with Crippen LogP contribution in [0.15, 0.2) is 84.5 Å². The number of carbonyl (C=O) groups excluding carboxylic acids is 2. The van der Waals surface area contributed by atoms with Crippen LogP contribution in [0, 0.1) is 52.3 Å². The minimum atomic E-state index is -0.824. The van der Waals surface area contributed by atoms with Gasteiger partial charge in [0.2, 0.25) is 0 Å². The fraction of sp³-hybridized carbons (Fsp3) is 0.609. The molecule has 5 heteroatoms. The number of amides is 1. The molecule has 0 heterocycles. The Hall–Kier alpha value is -3.34. The second kappa shape index (κ2) is 16.1. The molecule has 1 unspecified atom stereocenters. The van der Waals surface area contributed by atoms with Crippen molar-refractivity contribution in [1.82, 2.24) is 5.32 Å². The van der Waals surface area contributed by atoms with Crippen LogP contribution < -0.4 is 5.32 Å². The number of esters is 1. The maximum absolute atomic E-state index is 13.8. The zero-order valence-corrected chi connectivity index (χ0v) is 32.1. The minimum absolute atomic E-state index is 0.145. The van der Waals surface area contributed by atoms with Crippen molar-refractivity contribution >= 4 is 12.1 Å². The number of hydrogen-bond acceptors (Lipinski definition) is 4. The Morgan fingerprint density at radius 3 is 2.27 bits per heavy atom. The van der Waals surface area contributed by atoms with Gasteiger partial charge in [-0.05, 0) is 115 Å². The van der Waals surface area contributed by atoms with Gasteiger partial charge < -0.3 is 14.8 Å². The van der Waals surface area contributed by atoms with Gasteiger partial charge in [0.1, 0.15) is 18.8 Å². The molecule has 6 rings (SSSR count). The van der Waals surface area contributed by atoms with Crippen molar-refractivity contribution in [3.63, 3.8) is 0 Å². The zero-order chi connectivity index (χ0) is 36.2. The van der Waals surface area contributed by atoms with Crippen molar-refractivity contribution in [1.29, 1.82) is 0 Å². The highest BCUT2D eigenvalue weighted by atomic mass is 16.6. The summed E-state index contributed by atoms with van der Waals surface area (Å²) in [6.07, 6.45) is 17.7. The molecule has 3 fully saturated rings. The van der Waals surface area contributed by atoms with Crippen molar-refractivity contribution in [3.8, 4) is 0 Å². The minimum Gasteiger partial charge on any atom is -0.461 e. The summed E-state index contributed by atoms with van der Waals surface area (Å²) in [6, 6.07) is 18.5. The van der Waals surface area contributed by atoms with E-state index in [4.69, 9.17) is 9.47 Å². The number of rotatable bonds is 12. The molecule has 0 radical (unpaired) electrons. The summed E-state index contributed by atoms with van der Waals surface area (Å²) in [5.41, 5.74) is 3.95. The third-order valence-electron chi connectivity index (χ3n) is 14.1. The summed E-state index contributed by atoms with van der Waals surface area (Å²) in [5.74, 6) is 4.64. The maximum atomic E-state index is 13.8. The number of carbonyl (C=O) groups is 2. The average molecular weight is 694 g/mol. The number of allylic oxidation sites excluding steroid dienone is 3. The molecule has 0 bridgehead atoms. The maximum Gasteiger partial charge on any atom is 0.408 e. The van der Waals surface area contributed by atoms with E-state index in [0.29, 0.717) is 35.5 Å². The van der Waals surface area contributed by atoms with Crippen LogP contribution in [0.3, 0.4) is 0 Å². The molecule has 2 aromatic rings. The largest absolute Gasteiger partial charge is 0.461 e. The number of ether oxygens (including phenoxy) is 2. The van der Waals surface area contributed by atoms with Gasteiger partial charge in [-0.1, -0.05) is 126 Å². The van der Waals surface area contributed by atoms with E-state index in [9.17, 15) is 9.59 Å². The van der Waals surface area contributed by atoms with Crippen molar-refractivity contribution in [2.24, 2.45) is 52.3 Å². The summed E-state index contributed by atoms with van der Waals surface area (Å²) >= 11 is 0. The van der Waals surface area contributed by atoms with Crippen LogP contribution >= 0.6 is 0 Å². The fourth-order valence-corrected chi connectivity index (χ4v) is 11.1. The lowest BCUT2D eigenvalue weighted by Crippen LogP contribution is -2.51. The highest BCUT2D eigenvalue weighted by Gasteiger charge is 2.59. The molecule has 3 saturated carbocycles. The average Bonchev–Trinajstić information content (AvgIpc) is 3.49. The van der Waals surface area contributed by atoms with Crippen LogP contribution in [0.4, 0.5) is 4.79 Å². The van der Waals surface area contributed by atoms with Crippen LogP contribution in [-0.2, 0) is 27.3 Å². The van der Waals surface area contributed by atoms with E-state index in [1.807, 2.05) is 60.7 Å². The number of alkyl carbamates (subject to hydrolysis) is 1. The lowest BCUT2D eigenvalue weighted by molar-refractivity contribution is -0.154. The molecule has 276 valence electrons. The molecule has 2 aromatic carbocycles. The van der Waals surface area contributed by atoms with Crippen molar-refractivity contribution in [3.05, 3.63) is 95.6 Å². The van der Waals surface area contributed by atoms with Gasteiger partial charge >= 0.3 is 12.1 Å². The van der Waals surface area contributed by atoms with Crippen molar-refractivity contribution in [2.75, 3.05) is 0 Å². The molecule has 0 aliphatic heterocycles. The summed E-state index contributed by atoms with van der Waals surface area (Å²) in [6.45, 7) is 14.8. The molecule has 0 spiro atoms. The van der Waals surface area contributed by atoms with Gasteiger partial charge in [0.25, 0.3) is 0 Å². The monoisotopic (exact) mass is 693 g/mol. The fourth-order valence-electron chi connectivity index (χ4n) is 11.1. The van der Waals surface area contributed by atoms with Gasteiger partial charge in [-0.15, -0.1) is 0 Å². The Kier molecular flexibility index (Phi) is 11.8. The van der Waals surface area contributed by atoms with Crippen molar-refractivity contribution < 1.29 is 19.1 Å². The lowest BCUT2D eigenvalue weighted by Gasteiger charge is -2.58. The number of nitrogens with one attached hydrogen (secondary N) is 1. The Morgan fingerprint density at radius 1 is 0.882 bits per heavy atom. The van der Waals surface area contributed by atoms with Gasteiger partial charge in [0, 0.05) is 12.8 Å². The smallest absolute Gasteiger partial charge is 0.408 e. The Labute approximate surface area is 308 Å². The second-order valence-electron chi connectivity index (χ2n) is 17.3. The SMILES string of the molecule is CCC(/C=C/[C@H](C)[C@H]1CC[C@H]2[C@@H]3CC=C4C[C@@H](OC(=O)[C@H](Cc5ccccc5)NC(=O)OCc5ccccc5)CC[C@]4(C)[C@H]3CC[C@]12C)C(C)C. The summed E-state index contributed by atoms with van der Waals surface area (Å²) in [4.78, 5) is 26.6. The van der Waals surface area contributed by atoms with Gasteiger partial charge in [0.15, 0.2) is 0 Å². The second-order valence-corrected chi connectivity index (χ2v) is 17.3. The molecule has 4 aliphatic rings. The van der Waals surface area contributed by atoms with E-state index in [1.54, 1.807) is 0 Å². The van der Waals surface area contributed by atoms with E-state index in [-0.39, 0.29) is 24.1 Å². The summed E-state index contributed by atoms with van der Waals surface area (Å²) < 4.78 is 11.7. The third kappa shape index (κ3) is 8.18. The number of benzene rings is 2. The van der Waals surface area contributed by atoms with Crippen LogP contribution in [-0.4, -0.2) is 24.2 Å². The molecule has 0 aromatic heterocycles. The molecule has 51 heavy (non-hydrogen) atoms.